The number of halogens is 1. The van der Waals surface area contributed by atoms with E-state index in [2.05, 4.69) is 14.3 Å². The van der Waals surface area contributed by atoms with Crippen LogP contribution < -0.4 is 10.5 Å². The van der Waals surface area contributed by atoms with E-state index in [4.69, 9.17) is 10.5 Å². The number of hydrogen-bond acceptors (Lipinski definition) is 7. The molecule has 1 atom stereocenters. The van der Waals surface area contributed by atoms with Gasteiger partial charge in [0.15, 0.2) is 6.10 Å². The van der Waals surface area contributed by atoms with Crippen LogP contribution in [0, 0.1) is 12.7 Å². The van der Waals surface area contributed by atoms with Gasteiger partial charge in [-0.3, -0.25) is 4.79 Å². The van der Waals surface area contributed by atoms with E-state index in [1.165, 1.54) is 18.5 Å². The fourth-order valence-electron chi connectivity index (χ4n) is 3.20. The van der Waals surface area contributed by atoms with Gasteiger partial charge in [-0.05, 0) is 30.7 Å². The van der Waals surface area contributed by atoms with Crippen molar-refractivity contribution in [1.29, 1.82) is 0 Å². The number of aliphatic hydroxyl groups excluding tert-OH is 1. The lowest BCUT2D eigenvalue weighted by atomic mass is 10.0. The fraction of sp³-hybridized carbons (Fsp3) is 0.286. The van der Waals surface area contributed by atoms with Gasteiger partial charge in [-0.25, -0.2) is 18.6 Å². The number of aryl methyl sites for hydroxylation is 1. The van der Waals surface area contributed by atoms with Crippen LogP contribution in [0.2, 0.25) is 0 Å². The lowest BCUT2D eigenvalue weighted by molar-refractivity contribution is -0.126. The van der Waals surface area contributed by atoms with Gasteiger partial charge in [0.2, 0.25) is 0 Å². The van der Waals surface area contributed by atoms with Crippen LogP contribution in [-0.2, 0) is 20.9 Å². The Morgan fingerprint density at radius 1 is 1.29 bits per heavy atom. The molecule has 0 aliphatic carbocycles. The maximum Gasteiger partial charge on any atom is 0.260 e. The topological polar surface area (TPSA) is 128 Å². The molecule has 31 heavy (non-hydrogen) atoms. The summed E-state index contributed by atoms with van der Waals surface area (Å²) in [6, 6.07) is 7.46. The minimum Gasteiger partial charge on any atom is -0.478 e. The molecule has 0 unspecified atom stereocenters. The Bertz CT molecular complexity index is 1260. The maximum atomic E-state index is 13.8. The smallest absolute Gasteiger partial charge is 0.260 e. The first-order valence-corrected chi connectivity index (χ1v) is 11.7. The van der Waals surface area contributed by atoms with E-state index in [1.54, 1.807) is 24.6 Å². The van der Waals surface area contributed by atoms with Gasteiger partial charge >= 0.3 is 0 Å². The quantitative estimate of drug-likeness (QED) is 0.573. The predicted molar refractivity (Wildman–Crippen MR) is 116 cm³/mol. The van der Waals surface area contributed by atoms with Crippen molar-refractivity contribution in [3.63, 3.8) is 0 Å². The highest BCUT2D eigenvalue weighted by Crippen LogP contribution is 2.30. The second-order valence-electron chi connectivity index (χ2n) is 7.37. The molecule has 10 heteroatoms. The standard InChI is InChI=1S/C21H23FN4O4S/c1-12-6-15(26-31(2,3)29)9-17-20(12)16(24-11-25-17)7-13-4-5-14(22)8-18(13)30-19(10-27)21(23)28/h4-6,8-9,11,19,27H,7,10H2,1-3H3,(H2,23,28)/t19-/m1/s1. The first-order valence-electron chi connectivity index (χ1n) is 9.34. The summed E-state index contributed by atoms with van der Waals surface area (Å²) in [6.07, 6.45) is 3.47. The average Bonchev–Trinajstić information content (AvgIpc) is 2.66. The number of hydrogen-bond donors (Lipinski definition) is 2. The van der Waals surface area contributed by atoms with Crippen molar-refractivity contribution in [2.24, 2.45) is 10.1 Å². The number of nitrogens with zero attached hydrogens (tertiary/aromatic N) is 3. The second kappa shape index (κ2) is 8.94. The third-order valence-corrected chi connectivity index (χ3v) is 5.11. The monoisotopic (exact) mass is 446 g/mol. The van der Waals surface area contributed by atoms with Crippen LogP contribution in [0.25, 0.3) is 10.9 Å². The van der Waals surface area contributed by atoms with Gasteiger partial charge in [-0.1, -0.05) is 6.07 Å². The summed E-state index contributed by atoms with van der Waals surface area (Å²) in [5, 5.41) is 10.1. The van der Waals surface area contributed by atoms with Crippen LogP contribution >= 0.6 is 0 Å². The van der Waals surface area contributed by atoms with Crippen molar-refractivity contribution in [3.8, 4) is 5.75 Å². The van der Waals surface area contributed by atoms with E-state index >= 15 is 0 Å². The SMILES string of the molecule is Cc1cc(N=S(C)(C)=O)cc2ncnc(Cc3ccc(F)cc3O[C@H](CO)C(N)=O)c12. The molecular formula is C21H23FN4O4S. The number of aromatic nitrogens is 2. The third-order valence-electron chi connectivity index (χ3n) is 4.46. The molecule has 1 heterocycles. The number of ether oxygens (including phenoxy) is 1. The van der Waals surface area contributed by atoms with Crippen LogP contribution in [0.15, 0.2) is 41.0 Å². The number of benzene rings is 2. The van der Waals surface area contributed by atoms with Crippen molar-refractivity contribution in [3.05, 3.63) is 59.3 Å². The van der Waals surface area contributed by atoms with Crippen LogP contribution in [0.1, 0.15) is 16.8 Å². The van der Waals surface area contributed by atoms with E-state index in [1.807, 2.05) is 6.92 Å². The molecule has 3 aromatic rings. The Hall–Kier alpha value is -3.11. The van der Waals surface area contributed by atoms with Gasteiger partial charge in [0.05, 0.1) is 23.5 Å². The van der Waals surface area contributed by atoms with Gasteiger partial charge in [0.1, 0.15) is 17.9 Å². The van der Waals surface area contributed by atoms with Crippen molar-refractivity contribution < 1.29 is 23.2 Å². The number of carbonyl (C=O) groups excluding carboxylic acids is 1. The summed E-state index contributed by atoms with van der Waals surface area (Å²) in [5.41, 5.74) is 8.45. The van der Waals surface area contributed by atoms with E-state index in [-0.39, 0.29) is 12.2 Å². The first-order chi connectivity index (χ1) is 14.6. The van der Waals surface area contributed by atoms with Gasteiger partial charge < -0.3 is 15.6 Å². The van der Waals surface area contributed by atoms with Crippen molar-refractivity contribution >= 4 is 32.2 Å². The molecule has 0 aliphatic heterocycles. The largest absolute Gasteiger partial charge is 0.478 e. The molecule has 0 radical (unpaired) electrons. The molecule has 1 aromatic heterocycles. The van der Waals surface area contributed by atoms with Crippen LogP contribution in [0.4, 0.5) is 10.1 Å². The molecular weight excluding hydrogens is 423 g/mol. The Kier molecular flexibility index (Phi) is 6.51. The number of primary amides is 1. The minimum absolute atomic E-state index is 0.0885. The lowest BCUT2D eigenvalue weighted by Gasteiger charge is -2.17. The number of nitrogens with two attached hydrogens (primary N) is 1. The molecule has 1 amide bonds. The highest BCUT2D eigenvalue weighted by Gasteiger charge is 2.19. The Morgan fingerprint density at radius 3 is 2.68 bits per heavy atom. The summed E-state index contributed by atoms with van der Waals surface area (Å²) >= 11 is 0. The summed E-state index contributed by atoms with van der Waals surface area (Å²) in [4.78, 5) is 20.1. The fourth-order valence-corrected chi connectivity index (χ4v) is 3.81. The van der Waals surface area contributed by atoms with Gasteiger partial charge in [0.25, 0.3) is 5.91 Å². The zero-order chi connectivity index (χ0) is 22.8. The molecule has 0 saturated heterocycles. The second-order valence-corrected chi connectivity index (χ2v) is 9.92. The molecule has 2 aromatic carbocycles. The van der Waals surface area contributed by atoms with Crippen molar-refractivity contribution in [2.45, 2.75) is 19.4 Å². The number of aliphatic hydroxyl groups is 1. The molecule has 0 saturated carbocycles. The van der Waals surface area contributed by atoms with Crippen LogP contribution in [0.5, 0.6) is 5.75 Å². The Balaban J connectivity index is 2.06. The van der Waals surface area contributed by atoms with Crippen molar-refractivity contribution in [2.75, 3.05) is 19.1 Å². The Labute approximate surface area is 179 Å². The van der Waals surface area contributed by atoms with E-state index < -0.39 is 34.2 Å². The van der Waals surface area contributed by atoms with Crippen LogP contribution in [-0.4, -0.2) is 50.4 Å². The molecule has 164 valence electrons. The van der Waals surface area contributed by atoms with Crippen molar-refractivity contribution in [1.82, 2.24) is 9.97 Å². The summed E-state index contributed by atoms with van der Waals surface area (Å²) in [6.45, 7) is 1.24. The minimum atomic E-state index is -2.33. The van der Waals surface area contributed by atoms with E-state index in [0.717, 1.165) is 17.0 Å². The highest BCUT2D eigenvalue weighted by atomic mass is 32.2. The molecule has 0 fully saturated rings. The molecule has 3 rings (SSSR count). The highest BCUT2D eigenvalue weighted by molar-refractivity contribution is 7.92. The summed E-state index contributed by atoms with van der Waals surface area (Å²) in [5.74, 6) is -1.33. The number of carbonyl (C=O) groups is 1. The summed E-state index contributed by atoms with van der Waals surface area (Å²) < 4.78 is 35.6. The van der Waals surface area contributed by atoms with E-state index in [0.29, 0.717) is 22.5 Å². The zero-order valence-electron chi connectivity index (χ0n) is 17.3. The summed E-state index contributed by atoms with van der Waals surface area (Å²) in [7, 11) is -2.33. The zero-order valence-corrected chi connectivity index (χ0v) is 18.1. The molecule has 0 spiro atoms. The predicted octanol–water partition coefficient (Wildman–Crippen LogP) is 2.25. The lowest BCUT2D eigenvalue weighted by Crippen LogP contribution is -2.37. The van der Waals surface area contributed by atoms with Gasteiger partial charge in [-0.2, -0.15) is 4.36 Å². The number of amides is 1. The molecule has 0 aliphatic rings. The molecule has 3 N–H and O–H groups in total. The van der Waals surface area contributed by atoms with Gasteiger partial charge in [0, 0.05) is 45.7 Å². The van der Waals surface area contributed by atoms with Crippen LogP contribution in [0.3, 0.4) is 0 Å². The number of rotatable bonds is 7. The third kappa shape index (κ3) is 5.53. The van der Waals surface area contributed by atoms with E-state index in [9.17, 15) is 18.5 Å². The maximum absolute atomic E-state index is 13.8. The molecule has 0 bridgehead atoms. The first kappa shape index (κ1) is 22.6. The normalized spacial score (nSPS) is 12.5. The number of fused-ring (bicyclic) bond motifs is 1. The Morgan fingerprint density at radius 2 is 2.03 bits per heavy atom. The average molecular weight is 447 g/mol. The van der Waals surface area contributed by atoms with Gasteiger partial charge in [-0.15, -0.1) is 0 Å². The molecule has 8 nitrogen and oxygen atoms in total.